The topological polar surface area (TPSA) is 118 Å². The molecule has 0 aliphatic heterocycles. The molecule has 2 aliphatic rings. The second-order valence-electron chi connectivity index (χ2n) is 4.92. The van der Waals surface area contributed by atoms with Crippen LogP contribution >= 0.6 is 0 Å². The van der Waals surface area contributed by atoms with E-state index in [0.717, 1.165) is 31.8 Å². The van der Waals surface area contributed by atoms with Crippen molar-refractivity contribution in [1.29, 1.82) is 0 Å². The van der Waals surface area contributed by atoms with E-state index in [4.69, 9.17) is 25.5 Å². The average molecular weight is 276 g/mol. The Kier molecular flexibility index (Phi) is 7.85. The molecule has 0 radical (unpaired) electrons. The number of aliphatic hydroxyl groups is 4. The summed E-state index contributed by atoms with van der Waals surface area (Å²) in [6, 6.07) is 0. The largest absolute Gasteiger partial charge is 0.478 e. The normalized spacial score (nSPS) is 22.5. The van der Waals surface area contributed by atoms with Crippen LogP contribution in [-0.4, -0.2) is 43.1 Å². The van der Waals surface area contributed by atoms with Crippen molar-refractivity contribution in [2.75, 3.05) is 0 Å². The number of aliphatic carboxylic acids is 1. The van der Waals surface area contributed by atoms with E-state index in [2.05, 4.69) is 6.58 Å². The van der Waals surface area contributed by atoms with Gasteiger partial charge in [0, 0.05) is 31.8 Å². The van der Waals surface area contributed by atoms with Crippen molar-refractivity contribution in [2.45, 2.75) is 62.9 Å². The van der Waals surface area contributed by atoms with Gasteiger partial charge >= 0.3 is 5.97 Å². The summed E-state index contributed by atoms with van der Waals surface area (Å²) in [5.74, 6) is -3.59. The Morgan fingerprint density at radius 3 is 1.11 bits per heavy atom. The maximum atomic E-state index is 9.25. The van der Waals surface area contributed by atoms with Crippen molar-refractivity contribution in [1.82, 2.24) is 0 Å². The van der Waals surface area contributed by atoms with Gasteiger partial charge in [0.1, 0.15) is 0 Å². The Balaban J connectivity index is 0.000000261. The fraction of sp³-hybridized carbons (Fsp3) is 0.769. The Morgan fingerprint density at radius 2 is 1.05 bits per heavy atom. The minimum Gasteiger partial charge on any atom is -0.478 e. The SMILES string of the molecule is C=CC(=O)O.OC1(O)CCCC1.OC1(O)CCCC1. The van der Waals surface area contributed by atoms with Crippen molar-refractivity contribution in [3.8, 4) is 0 Å². The fourth-order valence-electron chi connectivity index (χ4n) is 1.88. The molecular weight excluding hydrogens is 252 g/mol. The summed E-state index contributed by atoms with van der Waals surface area (Å²) in [5.41, 5.74) is 0. The molecule has 0 atom stereocenters. The second-order valence-corrected chi connectivity index (χ2v) is 4.92. The minimum atomic E-state index is -1.31. The molecule has 0 amide bonds. The van der Waals surface area contributed by atoms with Crippen molar-refractivity contribution >= 4 is 5.97 Å². The van der Waals surface area contributed by atoms with Crippen LogP contribution in [0.3, 0.4) is 0 Å². The van der Waals surface area contributed by atoms with E-state index in [1.54, 1.807) is 0 Å². The van der Waals surface area contributed by atoms with Crippen LogP contribution in [0.4, 0.5) is 0 Å². The second kappa shape index (κ2) is 8.27. The van der Waals surface area contributed by atoms with Crippen LogP contribution in [0.2, 0.25) is 0 Å². The highest BCUT2D eigenvalue weighted by Crippen LogP contribution is 2.26. The van der Waals surface area contributed by atoms with Crippen LogP contribution < -0.4 is 0 Å². The Morgan fingerprint density at radius 1 is 0.842 bits per heavy atom. The first-order valence-corrected chi connectivity index (χ1v) is 6.43. The monoisotopic (exact) mass is 276 g/mol. The maximum Gasteiger partial charge on any atom is 0.327 e. The molecule has 0 aromatic carbocycles. The zero-order chi connectivity index (χ0) is 14.9. The van der Waals surface area contributed by atoms with Crippen molar-refractivity contribution in [2.24, 2.45) is 0 Å². The first-order chi connectivity index (χ1) is 8.68. The van der Waals surface area contributed by atoms with Gasteiger partial charge in [0.2, 0.25) is 0 Å². The van der Waals surface area contributed by atoms with Crippen molar-refractivity contribution in [3.05, 3.63) is 12.7 Å². The summed E-state index contributed by atoms with van der Waals surface area (Å²) in [7, 11) is 0. The molecule has 0 heterocycles. The number of carboxylic acid groups (broad SMARTS) is 1. The minimum absolute atomic E-state index is 0.562. The van der Waals surface area contributed by atoms with Crippen molar-refractivity contribution in [3.63, 3.8) is 0 Å². The molecular formula is C13H24O6. The number of rotatable bonds is 1. The van der Waals surface area contributed by atoms with E-state index >= 15 is 0 Å². The summed E-state index contributed by atoms with van der Waals surface area (Å²) < 4.78 is 0. The Hall–Kier alpha value is -0.950. The first-order valence-electron chi connectivity index (χ1n) is 6.43. The standard InChI is InChI=1S/2C5H10O2.C3H4O2/c2*6-5(7)3-1-2-4-5;1-2-3(4)5/h2*6-7H,1-4H2;2H,1H2,(H,4,5). The quantitative estimate of drug-likeness (QED) is 0.356. The molecule has 2 fully saturated rings. The molecule has 2 saturated carbocycles. The predicted molar refractivity (Wildman–Crippen MR) is 69.1 cm³/mol. The van der Waals surface area contributed by atoms with Gasteiger partial charge in [-0.05, 0) is 25.7 Å². The smallest absolute Gasteiger partial charge is 0.327 e. The molecule has 0 aromatic heterocycles. The molecule has 0 spiro atoms. The average Bonchev–Trinajstić information content (AvgIpc) is 2.88. The molecule has 112 valence electrons. The van der Waals surface area contributed by atoms with Crippen LogP contribution in [-0.2, 0) is 4.79 Å². The number of carbonyl (C=O) groups is 1. The summed E-state index contributed by atoms with van der Waals surface area (Å²) >= 11 is 0. The summed E-state index contributed by atoms with van der Waals surface area (Å²) in [6.45, 7) is 2.96. The molecule has 19 heavy (non-hydrogen) atoms. The third kappa shape index (κ3) is 10.6. The molecule has 5 N–H and O–H groups in total. The molecule has 0 saturated heterocycles. The van der Waals surface area contributed by atoms with Gasteiger partial charge in [-0.3, -0.25) is 0 Å². The Bertz CT molecular complexity index is 249. The van der Waals surface area contributed by atoms with Gasteiger partial charge < -0.3 is 25.5 Å². The molecule has 0 aromatic rings. The lowest BCUT2D eigenvalue weighted by Gasteiger charge is -2.11. The van der Waals surface area contributed by atoms with Gasteiger partial charge in [0.25, 0.3) is 0 Å². The van der Waals surface area contributed by atoms with E-state index in [1.165, 1.54) is 0 Å². The zero-order valence-electron chi connectivity index (χ0n) is 11.1. The van der Waals surface area contributed by atoms with Crippen LogP contribution in [0, 0.1) is 0 Å². The van der Waals surface area contributed by atoms with E-state index in [-0.39, 0.29) is 0 Å². The summed E-state index contributed by atoms with van der Waals surface area (Å²) in [5, 5.41) is 42.6. The summed E-state index contributed by atoms with van der Waals surface area (Å²) in [6.07, 6.45) is 6.94. The molecule has 2 aliphatic carbocycles. The van der Waals surface area contributed by atoms with Crippen molar-refractivity contribution < 1.29 is 30.3 Å². The molecule has 6 heteroatoms. The highest BCUT2D eigenvalue weighted by Gasteiger charge is 2.27. The van der Waals surface area contributed by atoms with Crippen LogP contribution in [0.5, 0.6) is 0 Å². The van der Waals surface area contributed by atoms with Gasteiger partial charge in [-0.15, -0.1) is 0 Å². The molecule has 6 nitrogen and oxygen atoms in total. The molecule has 0 unspecified atom stereocenters. The lowest BCUT2D eigenvalue weighted by molar-refractivity contribution is -0.153. The van der Waals surface area contributed by atoms with E-state index in [1.807, 2.05) is 0 Å². The predicted octanol–water partition coefficient (Wildman–Crippen LogP) is 0.740. The number of hydrogen-bond donors (Lipinski definition) is 5. The van der Waals surface area contributed by atoms with E-state index in [9.17, 15) is 4.79 Å². The third-order valence-electron chi connectivity index (χ3n) is 2.98. The van der Waals surface area contributed by atoms with E-state index in [0.29, 0.717) is 25.7 Å². The van der Waals surface area contributed by atoms with Crippen LogP contribution in [0.25, 0.3) is 0 Å². The first kappa shape index (κ1) is 18.0. The Labute approximate surface area is 113 Å². The number of hydrogen-bond acceptors (Lipinski definition) is 5. The van der Waals surface area contributed by atoms with Gasteiger partial charge in [0.05, 0.1) is 0 Å². The van der Waals surface area contributed by atoms with Gasteiger partial charge in [0.15, 0.2) is 11.6 Å². The van der Waals surface area contributed by atoms with Crippen LogP contribution in [0.15, 0.2) is 12.7 Å². The highest BCUT2D eigenvalue weighted by molar-refractivity contribution is 5.78. The van der Waals surface area contributed by atoms with Gasteiger partial charge in [-0.25, -0.2) is 4.79 Å². The lowest BCUT2D eigenvalue weighted by Crippen LogP contribution is -2.21. The lowest BCUT2D eigenvalue weighted by atomic mass is 10.2. The zero-order valence-corrected chi connectivity index (χ0v) is 11.1. The maximum absolute atomic E-state index is 9.25. The summed E-state index contributed by atoms with van der Waals surface area (Å²) in [4.78, 5) is 9.25. The van der Waals surface area contributed by atoms with Crippen LogP contribution in [0.1, 0.15) is 51.4 Å². The van der Waals surface area contributed by atoms with Gasteiger partial charge in [-0.2, -0.15) is 0 Å². The highest BCUT2D eigenvalue weighted by atomic mass is 16.5. The molecule has 2 rings (SSSR count). The van der Waals surface area contributed by atoms with E-state index < -0.39 is 17.5 Å². The van der Waals surface area contributed by atoms with Gasteiger partial charge in [-0.1, -0.05) is 6.58 Å². The molecule has 0 bridgehead atoms. The fourth-order valence-corrected chi connectivity index (χ4v) is 1.88. The number of carboxylic acids is 1. The third-order valence-corrected chi connectivity index (χ3v) is 2.98.